The molecule has 0 aliphatic rings. The lowest BCUT2D eigenvalue weighted by atomic mass is 10.1. The summed E-state index contributed by atoms with van der Waals surface area (Å²) in [4.78, 5) is 0. The average molecular weight is 369 g/mol. The first-order valence-corrected chi connectivity index (χ1v) is 7.59. The summed E-state index contributed by atoms with van der Waals surface area (Å²) in [5, 5.41) is 4.63. The van der Waals surface area contributed by atoms with E-state index in [1.54, 1.807) is 6.07 Å². The molecule has 0 aliphatic heterocycles. The van der Waals surface area contributed by atoms with Crippen molar-refractivity contribution in [2.24, 2.45) is 0 Å². The van der Waals surface area contributed by atoms with Gasteiger partial charge >= 0.3 is 0 Å². The number of hydrogen-bond donors (Lipinski definition) is 1. The SMILES string of the molecule is Cc1cc(F)c(Br)cc1NCc1c(Cl)oc2ccccc12. The number of para-hydroxylation sites is 1. The van der Waals surface area contributed by atoms with Gasteiger partial charge in [-0.2, -0.15) is 0 Å². The van der Waals surface area contributed by atoms with Gasteiger partial charge in [-0.3, -0.25) is 0 Å². The number of hydrogen-bond acceptors (Lipinski definition) is 2. The molecule has 1 N–H and O–H groups in total. The molecular weight excluding hydrogens is 357 g/mol. The molecule has 2 aromatic carbocycles. The molecule has 0 fully saturated rings. The van der Waals surface area contributed by atoms with Gasteiger partial charge in [-0.1, -0.05) is 18.2 Å². The summed E-state index contributed by atoms with van der Waals surface area (Å²) >= 11 is 9.35. The minimum atomic E-state index is -0.273. The molecule has 5 heteroatoms. The van der Waals surface area contributed by atoms with Crippen LogP contribution in [0.25, 0.3) is 11.0 Å². The summed E-state index contributed by atoms with van der Waals surface area (Å²) in [6.45, 7) is 2.36. The lowest BCUT2D eigenvalue weighted by Crippen LogP contribution is -2.01. The highest BCUT2D eigenvalue weighted by Gasteiger charge is 2.12. The fourth-order valence-electron chi connectivity index (χ4n) is 2.25. The first kappa shape index (κ1) is 14.4. The third-order valence-electron chi connectivity index (χ3n) is 3.37. The van der Waals surface area contributed by atoms with E-state index < -0.39 is 0 Å². The number of fused-ring (bicyclic) bond motifs is 1. The van der Waals surface area contributed by atoms with Crippen molar-refractivity contribution in [1.29, 1.82) is 0 Å². The molecule has 0 radical (unpaired) electrons. The Hall–Kier alpha value is -1.52. The van der Waals surface area contributed by atoms with Gasteiger partial charge in [0.2, 0.25) is 0 Å². The van der Waals surface area contributed by atoms with Crippen LogP contribution in [0.5, 0.6) is 0 Å². The molecule has 0 spiro atoms. The van der Waals surface area contributed by atoms with E-state index in [2.05, 4.69) is 21.2 Å². The molecule has 2 nitrogen and oxygen atoms in total. The molecule has 3 rings (SSSR count). The van der Waals surface area contributed by atoms with Crippen LogP contribution in [0.2, 0.25) is 5.22 Å². The number of aryl methyl sites for hydroxylation is 1. The number of halogens is 3. The fraction of sp³-hybridized carbons (Fsp3) is 0.125. The Morgan fingerprint density at radius 3 is 2.86 bits per heavy atom. The van der Waals surface area contributed by atoms with Crippen molar-refractivity contribution < 1.29 is 8.81 Å². The van der Waals surface area contributed by atoms with Crippen LogP contribution in [0.15, 0.2) is 45.3 Å². The molecule has 1 aromatic heterocycles. The van der Waals surface area contributed by atoms with Crippen LogP contribution in [0.1, 0.15) is 11.1 Å². The predicted molar refractivity (Wildman–Crippen MR) is 87.4 cm³/mol. The second-order valence-electron chi connectivity index (χ2n) is 4.79. The topological polar surface area (TPSA) is 25.2 Å². The lowest BCUT2D eigenvalue weighted by Gasteiger charge is -2.10. The van der Waals surface area contributed by atoms with Crippen LogP contribution in [-0.2, 0) is 6.54 Å². The summed E-state index contributed by atoms with van der Waals surface area (Å²) in [5.41, 5.74) is 3.34. The Balaban J connectivity index is 1.90. The Labute approximate surface area is 135 Å². The van der Waals surface area contributed by atoms with E-state index >= 15 is 0 Å². The Morgan fingerprint density at radius 2 is 2.05 bits per heavy atom. The molecule has 0 aliphatic carbocycles. The summed E-state index contributed by atoms with van der Waals surface area (Å²) in [7, 11) is 0. The van der Waals surface area contributed by atoms with E-state index in [-0.39, 0.29) is 5.82 Å². The van der Waals surface area contributed by atoms with Gasteiger partial charge < -0.3 is 9.73 Å². The number of nitrogens with one attached hydrogen (secondary N) is 1. The van der Waals surface area contributed by atoms with Crippen LogP contribution in [-0.4, -0.2) is 0 Å². The maximum atomic E-state index is 13.4. The summed E-state index contributed by atoms with van der Waals surface area (Å²) < 4.78 is 19.4. The average Bonchev–Trinajstić information content (AvgIpc) is 2.77. The van der Waals surface area contributed by atoms with Crippen LogP contribution >= 0.6 is 27.5 Å². The van der Waals surface area contributed by atoms with Crippen molar-refractivity contribution in [3.05, 3.63) is 63.0 Å². The van der Waals surface area contributed by atoms with Crippen molar-refractivity contribution in [2.45, 2.75) is 13.5 Å². The van der Waals surface area contributed by atoms with E-state index in [0.29, 0.717) is 16.2 Å². The van der Waals surface area contributed by atoms with Gasteiger partial charge in [0, 0.05) is 23.2 Å². The van der Waals surface area contributed by atoms with Crippen molar-refractivity contribution in [1.82, 2.24) is 0 Å². The molecular formula is C16H12BrClFNO. The quantitative estimate of drug-likeness (QED) is 0.622. The zero-order valence-electron chi connectivity index (χ0n) is 11.2. The predicted octanol–water partition coefficient (Wildman–Crippen LogP) is 5.91. The molecule has 1 heterocycles. The highest BCUT2D eigenvalue weighted by atomic mass is 79.9. The highest BCUT2D eigenvalue weighted by molar-refractivity contribution is 9.10. The molecule has 0 amide bonds. The van der Waals surface area contributed by atoms with Gasteiger partial charge in [0.25, 0.3) is 0 Å². The molecule has 0 unspecified atom stereocenters. The molecule has 0 bridgehead atoms. The molecule has 21 heavy (non-hydrogen) atoms. The van der Waals surface area contributed by atoms with Crippen molar-refractivity contribution in [3.63, 3.8) is 0 Å². The third kappa shape index (κ3) is 2.78. The number of anilines is 1. The number of benzene rings is 2. The maximum absolute atomic E-state index is 13.4. The van der Waals surface area contributed by atoms with Crippen molar-refractivity contribution in [3.8, 4) is 0 Å². The van der Waals surface area contributed by atoms with Gasteiger partial charge in [-0.15, -0.1) is 0 Å². The van der Waals surface area contributed by atoms with Crippen LogP contribution < -0.4 is 5.32 Å². The smallest absolute Gasteiger partial charge is 0.199 e. The maximum Gasteiger partial charge on any atom is 0.199 e. The minimum Gasteiger partial charge on any atom is -0.444 e. The van der Waals surface area contributed by atoms with E-state index in [4.69, 9.17) is 16.0 Å². The largest absolute Gasteiger partial charge is 0.444 e. The van der Waals surface area contributed by atoms with Gasteiger partial charge in [0.05, 0.1) is 4.47 Å². The summed E-state index contributed by atoms with van der Waals surface area (Å²) in [6.07, 6.45) is 0. The standard InChI is InChI=1S/C16H12BrClFNO/c1-9-6-13(19)12(17)7-14(9)20-8-11-10-4-2-3-5-15(10)21-16(11)18/h2-7,20H,8H2,1H3. The second-order valence-corrected chi connectivity index (χ2v) is 5.98. The fourth-order valence-corrected chi connectivity index (χ4v) is 2.85. The number of furan rings is 1. The molecule has 108 valence electrons. The van der Waals surface area contributed by atoms with E-state index in [9.17, 15) is 4.39 Å². The first-order chi connectivity index (χ1) is 10.1. The normalized spacial score (nSPS) is 11.0. The van der Waals surface area contributed by atoms with Gasteiger partial charge in [-0.05, 0) is 58.2 Å². The summed E-state index contributed by atoms with van der Waals surface area (Å²) in [6, 6.07) is 10.9. The van der Waals surface area contributed by atoms with Gasteiger partial charge in [0.1, 0.15) is 11.4 Å². The monoisotopic (exact) mass is 367 g/mol. The van der Waals surface area contributed by atoms with Crippen molar-refractivity contribution in [2.75, 3.05) is 5.32 Å². The highest BCUT2D eigenvalue weighted by Crippen LogP contribution is 2.31. The van der Waals surface area contributed by atoms with Crippen LogP contribution in [0.3, 0.4) is 0 Å². The Bertz CT molecular complexity index is 815. The van der Waals surface area contributed by atoms with E-state index in [1.165, 1.54) is 6.07 Å². The van der Waals surface area contributed by atoms with E-state index in [0.717, 1.165) is 27.8 Å². The zero-order valence-corrected chi connectivity index (χ0v) is 13.6. The Morgan fingerprint density at radius 1 is 1.29 bits per heavy atom. The molecule has 0 saturated carbocycles. The summed E-state index contributed by atoms with van der Waals surface area (Å²) in [5.74, 6) is -0.273. The third-order valence-corrected chi connectivity index (χ3v) is 4.28. The number of rotatable bonds is 3. The lowest BCUT2D eigenvalue weighted by molar-refractivity contribution is 0.613. The molecule has 0 saturated heterocycles. The van der Waals surface area contributed by atoms with Crippen LogP contribution in [0.4, 0.5) is 10.1 Å². The molecule has 3 aromatic rings. The zero-order chi connectivity index (χ0) is 15.0. The van der Waals surface area contributed by atoms with Crippen LogP contribution in [0, 0.1) is 12.7 Å². The first-order valence-electron chi connectivity index (χ1n) is 6.41. The van der Waals surface area contributed by atoms with Gasteiger partial charge in [0.15, 0.2) is 5.22 Å². The van der Waals surface area contributed by atoms with Gasteiger partial charge in [-0.25, -0.2) is 4.39 Å². The van der Waals surface area contributed by atoms with E-state index in [1.807, 2.05) is 31.2 Å². The second kappa shape index (κ2) is 5.70. The minimum absolute atomic E-state index is 0.273. The Kier molecular flexibility index (Phi) is 3.91. The van der Waals surface area contributed by atoms with Crippen molar-refractivity contribution >= 4 is 44.2 Å². The molecule has 0 atom stereocenters.